The first-order valence-corrected chi connectivity index (χ1v) is 6.34. The summed E-state index contributed by atoms with van der Waals surface area (Å²) in [6, 6.07) is 0. The molecule has 0 saturated carbocycles. The van der Waals surface area contributed by atoms with Crippen molar-refractivity contribution in [2.75, 3.05) is 0 Å². The van der Waals surface area contributed by atoms with Crippen molar-refractivity contribution in [1.29, 1.82) is 0 Å². The zero-order valence-electron chi connectivity index (χ0n) is 8.58. The summed E-state index contributed by atoms with van der Waals surface area (Å²) in [4.78, 5) is 16.0. The number of alkyl halides is 1. The second-order valence-corrected chi connectivity index (χ2v) is 5.88. The number of rotatable bonds is 4. The first kappa shape index (κ1) is 11.9. The van der Waals surface area contributed by atoms with Crippen LogP contribution in [0.1, 0.15) is 45.5 Å². The lowest BCUT2D eigenvalue weighted by Gasteiger charge is -2.08. The van der Waals surface area contributed by atoms with Crippen LogP contribution in [0, 0.1) is 12.8 Å². The van der Waals surface area contributed by atoms with Gasteiger partial charge < -0.3 is 0 Å². The third-order valence-electron chi connectivity index (χ3n) is 1.90. The molecular weight excluding hydrogens is 262 g/mol. The quantitative estimate of drug-likeness (QED) is 0.619. The topological polar surface area (TPSA) is 30.0 Å². The summed E-state index contributed by atoms with van der Waals surface area (Å²) < 4.78 is 0. The Morgan fingerprint density at radius 2 is 2.21 bits per heavy atom. The molecule has 1 aromatic rings. The molecule has 0 saturated heterocycles. The van der Waals surface area contributed by atoms with Gasteiger partial charge in [-0.2, -0.15) is 0 Å². The summed E-state index contributed by atoms with van der Waals surface area (Å²) >= 11 is 5.08. The van der Waals surface area contributed by atoms with Crippen LogP contribution in [0.4, 0.5) is 0 Å². The molecule has 0 aliphatic rings. The number of aryl methyl sites for hydroxylation is 1. The van der Waals surface area contributed by atoms with Crippen molar-refractivity contribution in [3.05, 3.63) is 15.6 Å². The van der Waals surface area contributed by atoms with Gasteiger partial charge in [0.2, 0.25) is 0 Å². The molecule has 1 atom stereocenters. The predicted octanol–water partition coefficient (Wildman–Crippen LogP) is 3.75. The smallest absolute Gasteiger partial charge is 0.161 e. The van der Waals surface area contributed by atoms with Crippen LogP contribution < -0.4 is 0 Å². The van der Waals surface area contributed by atoms with E-state index in [1.54, 1.807) is 0 Å². The minimum atomic E-state index is 0.278. The van der Waals surface area contributed by atoms with Crippen LogP contribution >= 0.6 is 27.3 Å². The van der Waals surface area contributed by atoms with Crippen molar-refractivity contribution in [2.24, 2.45) is 5.92 Å². The molecule has 0 bridgehead atoms. The Balaban J connectivity index is 2.80. The average molecular weight is 276 g/mol. The number of aromatic nitrogens is 1. The number of thiazole rings is 1. The van der Waals surface area contributed by atoms with Crippen molar-refractivity contribution >= 4 is 33.6 Å². The molecule has 0 spiro atoms. The van der Waals surface area contributed by atoms with Crippen molar-refractivity contribution in [3.8, 4) is 0 Å². The predicted molar refractivity (Wildman–Crippen MR) is 63.4 cm³/mol. The first-order valence-electron chi connectivity index (χ1n) is 4.61. The summed E-state index contributed by atoms with van der Waals surface area (Å²) in [5.74, 6) is 0.628. The molecule has 0 aliphatic heterocycles. The molecule has 1 heterocycles. The number of carbonyl (C=O) groups excluding carboxylic acids is 1. The highest BCUT2D eigenvalue weighted by atomic mass is 79.9. The number of nitrogens with zero attached hydrogens (tertiary/aromatic N) is 1. The zero-order chi connectivity index (χ0) is 10.7. The van der Waals surface area contributed by atoms with E-state index in [1.807, 2.05) is 6.92 Å². The van der Waals surface area contributed by atoms with E-state index in [2.05, 4.69) is 34.8 Å². The van der Waals surface area contributed by atoms with E-state index in [9.17, 15) is 4.79 Å². The van der Waals surface area contributed by atoms with Gasteiger partial charge in [0.1, 0.15) is 5.01 Å². The summed E-state index contributed by atoms with van der Waals surface area (Å²) in [6.07, 6.45) is 1.93. The molecule has 0 radical (unpaired) electrons. The van der Waals surface area contributed by atoms with Crippen LogP contribution in [-0.4, -0.2) is 11.3 Å². The monoisotopic (exact) mass is 275 g/mol. The molecule has 78 valence electrons. The Morgan fingerprint density at radius 3 is 2.64 bits per heavy atom. The summed E-state index contributed by atoms with van der Waals surface area (Å²) in [6.45, 7) is 6.23. The maximum atomic E-state index is 10.6. The second kappa shape index (κ2) is 5.03. The van der Waals surface area contributed by atoms with Crippen LogP contribution in [-0.2, 0) is 0 Å². The molecule has 0 fully saturated rings. The van der Waals surface area contributed by atoms with Crippen LogP contribution in [0.2, 0.25) is 0 Å². The largest absolute Gasteiger partial charge is 0.297 e. The van der Waals surface area contributed by atoms with Crippen molar-refractivity contribution < 1.29 is 4.79 Å². The highest BCUT2D eigenvalue weighted by molar-refractivity contribution is 9.09. The number of aldehydes is 1. The van der Waals surface area contributed by atoms with E-state index in [4.69, 9.17) is 0 Å². The molecule has 0 amide bonds. The molecule has 1 rings (SSSR count). The SMILES string of the molecule is Cc1nc(C(Br)CC(C)C)sc1C=O. The lowest BCUT2D eigenvalue weighted by molar-refractivity contribution is 0.112. The Kier molecular flexibility index (Phi) is 4.26. The highest BCUT2D eigenvalue weighted by Gasteiger charge is 2.15. The van der Waals surface area contributed by atoms with Gasteiger partial charge in [-0.15, -0.1) is 11.3 Å². The molecule has 0 aromatic carbocycles. The van der Waals surface area contributed by atoms with Crippen molar-refractivity contribution in [3.63, 3.8) is 0 Å². The maximum Gasteiger partial charge on any atom is 0.161 e. The first-order chi connectivity index (χ1) is 6.54. The lowest BCUT2D eigenvalue weighted by Crippen LogP contribution is -1.95. The van der Waals surface area contributed by atoms with Gasteiger partial charge in [0, 0.05) is 0 Å². The third kappa shape index (κ3) is 2.89. The van der Waals surface area contributed by atoms with Gasteiger partial charge in [-0.05, 0) is 19.3 Å². The standard InChI is InChI=1S/C10H14BrNOS/c1-6(2)4-8(11)10-12-7(3)9(5-13)14-10/h5-6,8H,4H2,1-3H3. The summed E-state index contributed by atoms with van der Waals surface area (Å²) in [5, 5.41) is 1.01. The molecule has 1 unspecified atom stereocenters. The van der Waals surface area contributed by atoms with Gasteiger partial charge in [-0.3, -0.25) is 4.79 Å². The molecule has 4 heteroatoms. The Hall–Kier alpha value is -0.220. The fraction of sp³-hybridized carbons (Fsp3) is 0.600. The lowest BCUT2D eigenvalue weighted by atomic mass is 10.1. The second-order valence-electron chi connectivity index (χ2n) is 3.72. The minimum absolute atomic E-state index is 0.278. The van der Waals surface area contributed by atoms with E-state index < -0.39 is 0 Å². The van der Waals surface area contributed by atoms with E-state index in [0.717, 1.165) is 28.3 Å². The molecule has 0 N–H and O–H groups in total. The van der Waals surface area contributed by atoms with Crippen molar-refractivity contribution in [1.82, 2.24) is 4.98 Å². The Bertz CT molecular complexity index is 322. The van der Waals surface area contributed by atoms with Gasteiger partial charge in [-0.25, -0.2) is 4.98 Å². The Labute approximate surface area is 96.9 Å². The van der Waals surface area contributed by atoms with Crippen LogP contribution in [0.15, 0.2) is 0 Å². The fourth-order valence-electron chi connectivity index (χ4n) is 1.19. The molecule has 2 nitrogen and oxygen atoms in total. The number of halogens is 1. The summed E-state index contributed by atoms with van der Waals surface area (Å²) in [7, 11) is 0. The highest BCUT2D eigenvalue weighted by Crippen LogP contribution is 2.33. The molecule has 0 aliphatic carbocycles. The number of carbonyl (C=O) groups is 1. The normalized spacial score (nSPS) is 13.2. The van der Waals surface area contributed by atoms with Crippen LogP contribution in [0.25, 0.3) is 0 Å². The van der Waals surface area contributed by atoms with Gasteiger partial charge in [0.05, 0.1) is 15.4 Å². The van der Waals surface area contributed by atoms with E-state index in [1.165, 1.54) is 11.3 Å². The third-order valence-corrected chi connectivity index (χ3v) is 4.21. The summed E-state index contributed by atoms with van der Waals surface area (Å²) in [5.41, 5.74) is 0.841. The van der Waals surface area contributed by atoms with E-state index >= 15 is 0 Å². The number of hydrogen-bond donors (Lipinski definition) is 0. The van der Waals surface area contributed by atoms with E-state index in [0.29, 0.717) is 5.92 Å². The number of hydrogen-bond acceptors (Lipinski definition) is 3. The van der Waals surface area contributed by atoms with Crippen LogP contribution in [0.5, 0.6) is 0 Å². The fourth-order valence-corrected chi connectivity index (χ4v) is 3.19. The molecular formula is C10H14BrNOS. The molecule has 14 heavy (non-hydrogen) atoms. The van der Waals surface area contributed by atoms with Gasteiger partial charge in [-0.1, -0.05) is 29.8 Å². The molecule has 1 aromatic heterocycles. The minimum Gasteiger partial charge on any atom is -0.297 e. The van der Waals surface area contributed by atoms with Gasteiger partial charge >= 0.3 is 0 Å². The average Bonchev–Trinajstić information content (AvgIpc) is 2.45. The van der Waals surface area contributed by atoms with Crippen molar-refractivity contribution in [2.45, 2.75) is 32.0 Å². The van der Waals surface area contributed by atoms with Crippen LogP contribution in [0.3, 0.4) is 0 Å². The maximum absolute atomic E-state index is 10.6. The van der Waals surface area contributed by atoms with E-state index in [-0.39, 0.29) is 4.83 Å². The van der Waals surface area contributed by atoms with Gasteiger partial charge in [0.25, 0.3) is 0 Å². The van der Waals surface area contributed by atoms with Gasteiger partial charge in [0.15, 0.2) is 6.29 Å². The zero-order valence-corrected chi connectivity index (χ0v) is 11.0. The Morgan fingerprint density at radius 1 is 1.57 bits per heavy atom.